The van der Waals surface area contributed by atoms with Crippen molar-refractivity contribution in [2.24, 2.45) is 11.8 Å². The second-order valence-corrected chi connectivity index (χ2v) is 6.51. The Hall–Kier alpha value is -1.44. The highest BCUT2D eigenvalue weighted by Gasteiger charge is 2.36. The Kier molecular flexibility index (Phi) is 6.77. The summed E-state index contributed by atoms with van der Waals surface area (Å²) < 4.78 is 1.78. The van der Waals surface area contributed by atoms with Crippen LogP contribution in [0.5, 0.6) is 0 Å². The fraction of sp³-hybridized carbons (Fsp3) is 0.765. The minimum Gasteiger partial charge on any atom is -0.396 e. The number of carbonyl (C=O) groups excluding carboxylic acids is 1. The Bertz CT molecular complexity index is 546. The molecule has 7 nitrogen and oxygen atoms in total. The summed E-state index contributed by atoms with van der Waals surface area (Å²) >= 11 is 0. The molecule has 1 aliphatic heterocycles. The summed E-state index contributed by atoms with van der Waals surface area (Å²) in [5.74, 6) is 0.313. The fourth-order valence-electron chi connectivity index (χ4n) is 3.43. The Labute approximate surface area is 143 Å². The number of aliphatic hydroxyl groups excluding tert-OH is 2. The van der Waals surface area contributed by atoms with Crippen molar-refractivity contribution in [3.05, 3.63) is 17.5 Å². The summed E-state index contributed by atoms with van der Waals surface area (Å²) in [6.45, 7) is 10.3. The van der Waals surface area contributed by atoms with Crippen LogP contribution in [0.1, 0.15) is 29.9 Å². The second-order valence-electron chi connectivity index (χ2n) is 6.51. The topological polar surface area (TPSA) is 81.8 Å². The van der Waals surface area contributed by atoms with E-state index >= 15 is 0 Å². The second kappa shape index (κ2) is 8.60. The Morgan fingerprint density at radius 1 is 1.33 bits per heavy atom. The summed E-state index contributed by atoms with van der Waals surface area (Å²) in [4.78, 5) is 16.8. The van der Waals surface area contributed by atoms with E-state index in [4.69, 9.17) is 5.11 Å². The fourth-order valence-corrected chi connectivity index (χ4v) is 3.43. The van der Waals surface area contributed by atoms with Crippen molar-refractivity contribution in [3.63, 3.8) is 0 Å². The highest BCUT2D eigenvalue weighted by Crippen LogP contribution is 2.26. The summed E-state index contributed by atoms with van der Waals surface area (Å²) in [6, 6.07) is 0. The first-order chi connectivity index (χ1) is 11.5. The molecule has 2 rings (SSSR count). The molecule has 1 fully saturated rings. The largest absolute Gasteiger partial charge is 0.396 e. The van der Waals surface area contributed by atoms with Crippen molar-refractivity contribution >= 4 is 5.91 Å². The molecule has 0 spiro atoms. The normalized spacial score (nSPS) is 21.0. The van der Waals surface area contributed by atoms with E-state index in [0.717, 1.165) is 25.3 Å². The maximum atomic E-state index is 12.8. The van der Waals surface area contributed by atoms with Crippen LogP contribution in [0.2, 0.25) is 0 Å². The maximum Gasteiger partial charge on any atom is 0.257 e. The smallest absolute Gasteiger partial charge is 0.257 e. The third-order valence-corrected chi connectivity index (χ3v) is 4.96. The van der Waals surface area contributed by atoms with E-state index in [1.807, 2.05) is 24.9 Å². The van der Waals surface area contributed by atoms with Crippen molar-refractivity contribution in [1.29, 1.82) is 0 Å². The maximum absolute atomic E-state index is 12.8. The van der Waals surface area contributed by atoms with E-state index in [2.05, 4.69) is 16.9 Å². The van der Waals surface area contributed by atoms with Gasteiger partial charge >= 0.3 is 0 Å². The zero-order valence-electron chi connectivity index (χ0n) is 15.0. The number of hydrogen-bond acceptors (Lipinski definition) is 5. The zero-order chi connectivity index (χ0) is 17.7. The number of aromatic nitrogens is 2. The molecular weight excluding hydrogens is 308 g/mol. The van der Waals surface area contributed by atoms with Crippen LogP contribution in [0.15, 0.2) is 6.20 Å². The quantitative estimate of drug-likeness (QED) is 0.708. The van der Waals surface area contributed by atoms with Crippen LogP contribution in [0.25, 0.3) is 0 Å². The molecular formula is C17H30N4O3. The number of likely N-dealkylation sites (N-methyl/N-ethyl adjacent to an activating group) is 1. The molecule has 0 unspecified atom stereocenters. The van der Waals surface area contributed by atoms with Crippen molar-refractivity contribution in [3.8, 4) is 0 Å². The summed E-state index contributed by atoms with van der Waals surface area (Å²) in [6.07, 6.45) is 1.81. The first-order valence-electron chi connectivity index (χ1n) is 8.81. The van der Waals surface area contributed by atoms with Crippen LogP contribution in [0.3, 0.4) is 0 Å². The van der Waals surface area contributed by atoms with Gasteiger partial charge in [0, 0.05) is 51.4 Å². The lowest BCUT2D eigenvalue weighted by atomic mass is 9.96. The van der Waals surface area contributed by atoms with Gasteiger partial charge in [-0.1, -0.05) is 6.92 Å². The van der Waals surface area contributed by atoms with Crippen LogP contribution < -0.4 is 0 Å². The zero-order valence-corrected chi connectivity index (χ0v) is 15.0. The third kappa shape index (κ3) is 4.15. The molecule has 2 atom stereocenters. The lowest BCUT2D eigenvalue weighted by molar-refractivity contribution is 0.0777. The van der Waals surface area contributed by atoms with Gasteiger partial charge in [-0.25, -0.2) is 0 Å². The SMILES string of the molecule is CCN(CCO)C[C@H]1CN(C(=O)c2cn(CC)nc2C)C[C@H]1CO. The van der Waals surface area contributed by atoms with Crippen molar-refractivity contribution in [1.82, 2.24) is 19.6 Å². The number of aryl methyl sites for hydroxylation is 2. The molecule has 1 amide bonds. The van der Waals surface area contributed by atoms with Gasteiger partial charge in [-0.05, 0) is 26.3 Å². The third-order valence-electron chi connectivity index (χ3n) is 4.96. The lowest BCUT2D eigenvalue weighted by Gasteiger charge is -2.25. The number of rotatable bonds is 8. The molecule has 24 heavy (non-hydrogen) atoms. The number of hydrogen-bond donors (Lipinski definition) is 2. The van der Waals surface area contributed by atoms with Gasteiger partial charge < -0.3 is 20.0 Å². The predicted octanol–water partition coefficient (Wildman–Crippen LogP) is 0.206. The van der Waals surface area contributed by atoms with Crippen LogP contribution in [0, 0.1) is 18.8 Å². The average molecular weight is 338 g/mol. The van der Waals surface area contributed by atoms with Crippen molar-refractivity contribution in [2.45, 2.75) is 27.3 Å². The van der Waals surface area contributed by atoms with Crippen molar-refractivity contribution in [2.75, 3.05) is 45.9 Å². The molecule has 0 aromatic carbocycles. The van der Waals surface area contributed by atoms with E-state index in [1.54, 1.807) is 4.68 Å². The minimum atomic E-state index is -0.00152. The summed E-state index contributed by atoms with van der Waals surface area (Å²) in [5, 5.41) is 23.2. The van der Waals surface area contributed by atoms with Gasteiger partial charge in [0.15, 0.2) is 0 Å². The van der Waals surface area contributed by atoms with Crippen LogP contribution >= 0.6 is 0 Å². The molecule has 1 saturated heterocycles. The van der Waals surface area contributed by atoms with Crippen LogP contribution in [-0.2, 0) is 6.54 Å². The van der Waals surface area contributed by atoms with E-state index in [9.17, 15) is 9.90 Å². The number of nitrogens with zero attached hydrogens (tertiary/aromatic N) is 4. The van der Waals surface area contributed by atoms with E-state index < -0.39 is 0 Å². The van der Waals surface area contributed by atoms with Gasteiger partial charge in [0.25, 0.3) is 5.91 Å². The van der Waals surface area contributed by atoms with Gasteiger partial charge in [0.05, 0.1) is 17.9 Å². The highest BCUT2D eigenvalue weighted by molar-refractivity contribution is 5.95. The summed E-state index contributed by atoms with van der Waals surface area (Å²) in [7, 11) is 0. The van der Waals surface area contributed by atoms with E-state index in [0.29, 0.717) is 25.2 Å². The molecule has 1 aliphatic rings. The molecule has 0 bridgehead atoms. The minimum absolute atomic E-state index is 0.00152. The highest BCUT2D eigenvalue weighted by atomic mass is 16.3. The monoisotopic (exact) mass is 338 g/mol. The Morgan fingerprint density at radius 3 is 2.58 bits per heavy atom. The first kappa shape index (κ1) is 18.9. The van der Waals surface area contributed by atoms with Crippen molar-refractivity contribution < 1.29 is 15.0 Å². The van der Waals surface area contributed by atoms with Crippen LogP contribution in [0.4, 0.5) is 0 Å². The molecule has 136 valence electrons. The van der Waals surface area contributed by atoms with E-state index in [-0.39, 0.29) is 31.0 Å². The van der Waals surface area contributed by atoms with E-state index in [1.165, 1.54) is 0 Å². The first-order valence-corrected chi connectivity index (χ1v) is 8.81. The molecule has 2 heterocycles. The van der Waals surface area contributed by atoms with Crippen LogP contribution in [-0.4, -0.2) is 81.6 Å². The lowest BCUT2D eigenvalue weighted by Crippen LogP contribution is -2.36. The number of likely N-dealkylation sites (tertiary alicyclic amines) is 1. The molecule has 0 saturated carbocycles. The van der Waals surface area contributed by atoms with Gasteiger partial charge in [0.1, 0.15) is 0 Å². The van der Waals surface area contributed by atoms with Gasteiger partial charge in [-0.3, -0.25) is 9.48 Å². The van der Waals surface area contributed by atoms with Gasteiger partial charge in [0.2, 0.25) is 0 Å². The van der Waals surface area contributed by atoms with Gasteiger partial charge in [-0.15, -0.1) is 0 Å². The predicted molar refractivity (Wildman–Crippen MR) is 91.8 cm³/mol. The standard InChI is InChI=1S/C17H30N4O3/c1-4-19(6-7-22)8-14-9-20(10-15(14)12-23)17(24)16-11-21(5-2)18-13(16)3/h11,14-15,22-23H,4-10,12H2,1-3H3/t14-,15-/m0/s1. The molecule has 1 aromatic rings. The molecule has 0 radical (unpaired) electrons. The molecule has 0 aliphatic carbocycles. The van der Waals surface area contributed by atoms with Gasteiger partial charge in [-0.2, -0.15) is 5.10 Å². The molecule has 1 aromatic heterocycles. The number of amides is 1. The molecule has 7 heteroatoms. The average Bonchev–Trinajstić information content (AvgIpc) is 3.16. The number of aliphatic hydroxyl groups is 2. The number of carbonyl (C=O) groups is 1. The molecule has 2 N–H and O–H groups in total. The Morgan fingerprint density at radius 2 is 2.04 bits per heavy atom. The summed E-state index contributed by atoms with van der Waals surface area (Å²) in [5.41, 5.74) is 1.40. The Balaban J connectivity index is 2.06.